The minimum Gasteiger partial charge on any atom is -0.497 e. The van der Waals surface area contributed by atoms with Crippen LogP contribution in [0.25, 0.3) is 0 Å². The highest BCUT2D eigenvalue weighted by atomic mass is 35.5. The average molecular weight is 235 g/mol. The maximum atomic E-state index is 11.1. The molecular weight excluding hydrogens is 224 g/mol. The number of halogens is 1. The third kappa shape index (κ3) is 2.62. The molecule has 0 bridgehead atoms. The molecular formula is C9H11ClO3S. The zero-order chi connectivity index (χ0) is 10.8. The highest BCUT2D eigenvalue weighted by molar-refractivity contribution is 7.92. The lowest BCUT2D eigenvalue weighted by molar-refractivity contribution is 0.414. The van der Waals surface area contributed by atoms with Gasteiger partial charge in [0.25, 0.3) is 0 Å². The van der Waals surface area contributed by atoms with Crippen molar-refractivity contribution in [3.8, 4) is 5.75 Å². The van der Waals surface area contributed by atoms with E-state index in [-0.39, 0.29) is 0 Å². The summed E-state index contributed by atoms with van der Waals surface area (Å²) in [6.07, 6.45) is 1.11. The van der Waals surface area contributed by atoms with E-state index < -0.39 is 14.5 Å². The van der Waals surface area contributed by atoms with Crippen molar-refractivity contribution in [3.63, 3.8) is 0 Å². The number of sulfone groups is 1. The van der Waals surface area contributed by atoms with E-state index in [0.717, 1.165) is 6.26 Å². The van der Waals surface area contributed by atoms with Crippen LogP contribution in [-0.4, -0.2) is 21.8 Å². The van der Waals surface area contributed by atoms with Crippen LogP contribution < -0.4 is 4.74 Å². The number of ether oxygens (including phenoxy) is 1. The van der Waals surface area contributed by atoms with Crippen molar-refractivity contribution in [2.45, 2.75) is 4.71 Å². The minimum absolute atomic E-state index is 0.551. The van der Waals surface area contributed by atoms with Crippen molar-refractivity contribution in [2.24, 2.45) is 0 Å². The third-order valence-corrected chi connectivity index (χ3v) is 4.00. The summed E-state index contributed by atoms with van der Waals surface area (Å²) in [5.74, 6) is 0.672. The number of rotatable bonds is 3. The van der Waals surface area contributed by atoms with Gasteiger partial charge >= 0.3 is 0 Å². The van der Waals surface area contributed by atoms with Crippen LogP contribution in [0.15, 0.2) is 24.3 Å². The van der Waals surface area contributed by atoms with E-state index in [9.17, 15) is 8.42 Å². The van der Waals surface area contributed by atoms with Crippen molar-refractivity contribution >= 4 is 21.4 Å². The molecule has 1 rings (SSSR count). The summed E-state index contributed by atoms with van der Waals surface area (Å²) in [6, 6.07) is 6.63. The van der Waals surface area contributed by atoms with Crippen LogP contribution >= 0.6 is 11.6 Å². The van der Waals surface area contributed by atoms with Gasteiger partial charge < -0.3 is 4.74 Å². The second-order valence-corrected chi connectivity index (χ2v) is 5.74. The number of hydrogen-bond donors (Lipinski definition) is 0. The third-order valence-electron chi connectivity index (χ3n) is 1.75. The van der Waals surface area contributed by atoms with Crippen molar-refractivity contribution in [2.75, 3.05) is 13.4 Å². The van der Waals surface area contributed by atoms with E-state index in [4.69, 9.17) is 16.3 Å². The van der Waals surface area contributed by atoms with E-state index in [1.165, 1.54) is 0 Å². The number of methoxy groups -OCH3 is 1. The minimum atomic E-state index is -3.25. The molecule has 0 aliphatic carbocycles. The smallest absolute Gasteiger partial charge is 0.168 e. The maximum absolute atomic E-state index is 11.1. The topological polar surface area (TPSA) is 43.4 Å². The SMILES string of the molecule is COc1ccc(C(Cl)S(C)(=O)=O)cc1. The monoisotopic (exact) mass is 234 g/mol. The van der Waals surface area contributed by atoms with Crippen LogP contribution in [-0.2, 0) is 9.84 Å². The van der Waals surface area contributed by atoms with Gasteiger partial charge in [0.1, 0.15) is 5.75 Å². The molecule has 1 aromatic carbocycles. The summed E-state index contributed by atoms with van der Waals surface area (Å²) in [5, 5.41) is 0. The van der Waals surface area contributed by atoms with E-state index in [1.807, 2.05) is 0 Å². The molecule has 0 aromatic heterocycles. The second kappa shape index (κ2) is 4.19. The lowest BCUT2D eigenvalue weighted by Crippen LogP contribution is -2.04. The van der Waals surface area contributed by atoms with E-state index in [1.54, 1.807) is 31.4 Å². The Bertz CT molecular complexity index is 397. The maximum Gasteiger partial charge on any atom is 0.168 e. The molecule has 0 saturated carbocycles. The molecule has 0 spiro atoms. The van der Waals surface area contributed by atoms with E-state index >= 15 is 0 Å². The molecule has 1 atom stereocenters. The Morgan fingerprint density at radius 2 is 1.79 bits per heavy atom. The molecule has 0 amide bonds. The fourth-order valence-electron chi connectivity index (χ4n) is 1.00. The fraction of sp³-hybridized carbons (Fsp3) is 0.333. The number of alkyl halides is 1. The fourth-order valence-corrected chi connectivity index (χ4v) is 1.80. The van der Waals surface area contributed by atoms with Crippen LogP contribution in [0.1, 0.15) is 10.3 Å². The van der Waals surface area contributed by atoms with E-state index in [0.29, 0.717) is 11.3 Å². The van der Waals surface area contributed by atoms with Gasteiger partial charge in [0.2, 0.25) is 0 Å². The van der Waals surface area contributed by atoms with Gasteiger partial charge in [0.15, 0.2) is 14.5 Å². The molecule has 0 heterocycles. The van der Waals surface area contributed by atoms with Crippen LogP contribution in [0, 0.1) is 0 Å². The van der Waals surface area contributed by atoms with Gasteiger partial charge in [-0.05, 0) is 17.7 Å². The summed E-state index contributed by atoms with van der Waals surface area (Å²) >= 11 is 5.75. The molecule has 0 aliphatic rings. The van der Waals surface area contributed by atoms with Crippen LogP contribution in [0.4, 0.5) is 0 Å². The summed E-state index contributed by atoms with van der Waals surface area (Å²) < 4.78 is 26.2. The van der Waals surface area contributed by atoms with Crippen molar-refractivity contribution in [3.05, 3.63) is 29.8 Å². The van der Waals surface area contributed by atoms with Gasteiger partial charge in [-0.15, -0.1) is 11.6 Å². The molecule has 3 nitrogen and oxygen atoms in total. The Kier molecular flexibility index (Phi) is 3.39. The lowest BCUT2D eigenvalue weighted by Gasteiger charge is -2.07. The first-order valence-electron chi connectivity index (χ1n) is 3.92. The molecule has 1 aromatic rings. The van der Waals surface area contributed by atoms with Gasteiger partial charge in [-0.25, -0.2) is 8.42 Å². The Morgan fingerprint density at radius 1 is 1.29 bits per heavy atom. The van der Waals surface area contributed by atoms with Crippen LogP contribution in [0.3, 0.4) is 0 Å². The summed E-state index contributed by atoms with van der Waals surface area (Å²) in [5.41, 5.74) is 0.551. The quantitative estimate of drug-likeness (QED) is 0.752. The van der Waals surface area contributed by atoms with Crippen LogP contribution in [0.5, 0.6) is 5.75 Å². The molecule has 0 aliphatic heterocycles. The van der Waals surface area contributed by atoms with Gasteiger partial charge in [-0.1, -0.05) is 12.1 Å². The molecule has 14 heavy (non-hydrogen) atoms. The first-order valence-corrected chi connectivity index (χ1v) is 6.31. The average Bonchev–Trinajstić information content (AvgIpc) is 2.15. The molecule has 1 unspecified atom stereocenters. The zero-order valence-electron chi connectivity index (χ0n) is 7.90. The molecule has 0 fully saturated rings. The zero-order valence-corrected chi connectivity index (χ0v) is 9.47. The van der Waals surface area contributed by atoms with E-state index in [2.05, 4.69) is 0 Å². The van der Waals surface area contributed by atoms with Crippen molar-refractivity contribution < 1.29 is 13.2 Å². The highest BCUT2D eigenvalue weighted by Gasteiger charge is 2.19. The van der Waals surface area contributed by atoms with Gasteiger partial charge in [-0.3, -0.25) is 0 Å². The highest BCUT2D eigenvalue weighted by Crippen LogP contribution is 2.27. The summed E-state index contributed by atoms with van der Waals surface area (Å²) in [4.78, 5) is 0. The molecule has 5 heteroatoms. The molecule has 0 saturated heterocycles. The predicted octanol–water partition coefficient (Wildman–Crippen LogP) is 1.98. The Balaban J connectivity index is 2.98. The Morgan fingerprint density at radius 3 is 2.14 bits per heavy atom. The summed E-state index contributed by atoms with van der Waals surface area (Å²) in [6.45, 7) is 0. The largest absolute Gasteiger partial charge is 0.497 e. The van der Waals surface area contributed by atoms with Gasteiger partial charge in [0, 0.05) is 6.26 Å². The number of benzene rings is 1. The Labute approximate surface area is 88.6 Å². The molecule has 0 radical (unpaired) electrons. The first-order chi connectivity index (χ1) is 6.45. The van der Waals surface area contributed by atoms with Crippen molar-refractivity contribution in [1.82, 2.24) is 0 Å². The van der Waals surface area contributed by atoms with Crippen LogP contribution in [0.2, 0.25) is 0 Å². The predicted molar refractivity (Wildman–Crippen MR) is 56.4 cm³/mol. The standard InChI is InChI=1S/C9H11ClO3S/c1-13-8-5-3-7(4-6-8)9(10)14(2,11)12/h3-6,9H,1-2H3. The molecule has 78 valence electrons. The first kappa shape index (κ1) is 11.3. The normalized spacial score (nSPS) is 13.6. The summed E-state index contributed by atoms with van der Waals surface area (Å²) in [7, 11) is -1.71. The second-order valence-electron chi connectivity index (χ2n) is 2.92. The Hall–Kier alpha value is -0.740. The van der Waals surface area contributed by atoms with Crippen molar-refractivity contribution in [1.29, 1.82) is 0 Å². The van der Waals surface area contributed by atoms with Gasteiger partial charge in [0.05, 0.1) is 7.11 Å². The molecule has 0 N–H and O–H groups in total. The van der Waals surface area contributed by atoms with Gasteiger partial charge in [-0.2, -0.15) is 0 Å². The lowest BCUT2D eigenvalue weighted by atomic mass is 10.2. The number of hydrogen-bond acceptors (Lipinski definition) is 3.